The fourth-order valence-corrected chi connectivity index (χ4v) is 6.18. The first kappa shape index (κ1) is 25.8. The lowest BCUT2D eigenvalue weighted by atomic mass is 9.97. The van der Waals surface area contributed by atoms with Gasteiger partial charge < -0.3 is 9.32 Å². The number of furan rings is 1. The van der Waals surface area contributed by atoms with Crippen molar-refractivity contribution in [1.82, 2.24) is 0 Å². The Kier molecular flexibility index (Phi) is 6.51. The van der Waals surface area contributed by atoms with E-state index in [-0.39, 0.29) is 0 Å². The molecule has 0 atom stereocenters. The Balaban J connectivity index is 1.34. The summed E-state index contributed by atoms with van der Waals surface area (Å²) in [4.78, 5) is 2.34. The highest BCUT2D eigenvalue weighted by Crippen LogP contribution is 2.47. The monoisotopic (exact) mass is 563 g/mol. The minimum atomic E-state index is 0.861. The summed E-state index contributed by atoms with van der Waals surface area (Å²) in [5, 5.41) is 3.58. The van der Waals surface area contributed by atoms with Gasteiger partial charge in [0.05, 0.1) is 5.69 Å². The Morgan fingerprint density at radius 2 is 1.05 bits per heavy atom. The molecule has 0 radical (unpaired) electrons. The van der Waals surface area contributed by atoms with Crippen LogP contribution >= 0.6 is 0 Å². The molecular formula is C42H29NO. The molecule has 0 unspecified atom stereocenters. The van der Waals surface area contributed by atoms with E-state index in [1.807, 2.05) is 6.07 Å². The molecule has 0 amide bonds. The predicted molar refractivity (Wildman–Crippen MR) is 185 cm³/mol. The molecule has 44 heavy (non-hydrogen) atoms. The third kappa shape index (κ3) is 4.63. The Labute approximate surface area is 257 Å². The van der Waals surface area contributed by atoms with E-state index in [0.717, 1.165) is 50.5 Å². The van der Waals surface area contributed by atoms with Crippen LogP contribution in [-0.2, 0) is 0 Å². The van der Waals surface area contributed by atoms with Crippen LogP contribution in [0, 0.1) is 0 Å². The van der Waals surface area contributed by atoms with Crippen molar-refractivity contribution in [3.05, 3.63) is 176 Å². The van der Waals surface area contributed by atoms with Gasteiger partial charge in [0.25, 0.3) is 0 Å². The van der Waals surface area contributed by atoms with Crippen LogP contribution < -0.4 is 4.90 Å². The third-order valence-corrected chi connectivity index (χ3v) is 8.25. The Bertz CT molecular complexity index is 2230. The average Bonchev–Trinajstić information content (AvgIpc) is 3.49. The molecule has 8 rings (SSSR count). The first-order valence-electron chi connectivity index (χ1n) is 14.9. The van der Waals surface area contributed by atoms with Crippen LogP contribution in [0.25, 0.3) is 55.3 Å². The van der Waals surface area contributed by atoms with Gasteiger partial charge in [-0.05, 0) is 76.0 Å². The van der Waals surface area contributed by atoms with Gasteiger partial charge in [0.2, 0.25) is 0 Å². The first-order chi connectivity index (χ1) is 21.8. The molecule has 0 aliphatic rings. The molecule has 0 fully saturated rings. The zero-order chi connectivity index (χ0) is 29.3. The summed E-state index contributed by atoms with van der Waals surface area (Å²) in [5.41, 5.74) is 9.70. The van der Waals surface area contributed by atoms with Crippen LogP contribution in [-0.4, -0.2) is 0 Å². The van der Waals surface area contributed by atoms with E-state index in [1.54, 1.807) is 0 Å². The average molecular weight is 564 g/mol. The lowest BCUT2D eigenvalue weighted by Gasteiger charge is -2.28. The minimum Gasteiger partial charge on any atom is -0.455 e. The summed E-state index contributed by atoms with van der Waals surface area (Å²) in [6.45, 7) is 0. The van der Waals surface area contributed by atoms with Crippen molar-refractivity contribution < 1.29 is 4.42 Å². The largest absolute Gasteiger partial charge is 0.455 e. The summed E-state index contributed by atoms with van der Waals surface area (Å²) < 4.78 is 6.71. The maximum Gasteiger partial charge on any atom is 0.145 e. The molecule has 0 saturated carbocycles. The van der Waals surface area contributed by atoms with Crippen molar-refractivity contribution in [1.29, 1.82) is 0 Å². The highest BCUT2D eigenvalue weighted by molar-refractivity contribution is 6.04. The summed E-state index contributed by atoms with van der Waals surface area (Å²) in [6.07, 6.45) is 0. The van der Waals surface area contributed by atoms with E-state index in [0.29, 0.717) is 0 Å². The lowest BCUT2D eigenvalue weighted by molar-refractivity contribution is 0.632. The summed E-state index contributed by atoms with van der Waals surface area (Å²) in [5.74, 6) is 0.861. The predicted octanol–water partition coefficient (Wildman–Crippen LogP) is 12.1. The van der Waals surface area contributed by atoms with Gasteiger partial charge in [0.1, 0.15) is 11.3 Å². The van der Waals surface area contributed by atoms with Gasteiger partial charge in [-0.15, -0.1) is 0 Å². The summed E-state index contributed by atoms with van der Waals surface area (Å²) >= 11 is 0. The number of fused-ring (bicyclic) bond motifs is 2. The molecule has 1 heterocycles. The van der Waals surface area contributed by atoms with Crippen molar-refractivity contribution in [3.8, 4) is 33.6 Å². The van der Waals surface area contributed by atoms with Crippen LogP contribution in [0.3, 0.4) is 0 Å². The molecule has 0 aliphatic carbocycles. The number of benzene rings is 7. The summed E-state index contributed by atoms with van der Waals surface area (Å²) in [6, 6.07) is 62.0. The van der Waals surface area contributed by atoms with E-state index in [4.69, 9.17) is 4.42 Å². The number of nitrogens with zero attached hydrogens (tertiary/aromatic N) is 1. The molecule has 7 aromatic carbocycles. The number of hydrogen-bond acceptors (Lipinski definition) is 2. The highest BCUT2D eigenvalue weighted by atomic mass is 16.3. The molecule has 2 heteroatoms. The van der Waals surface area contributed by atoms with E-state index < -0.39 is 0 Å². The quantitative estimate of drug-likeness (QED) is 0.200. The molecule has 0 saturated heterocycles. The molecular weight excluding hydrogens is 534 g/mol. The minimum absolute atomic E-state index is 0.861. The SMILES string of the molecule is c1ccc(-c2c(-c3ccccc3N(c3ccccc3)c3cccc(-c4ccc5ccccc5c4)c3)oc3ccccc23)cc1. The first-order valence-corrected chi connectivity index (χ1v) is 14.9. The Morgan fingerprint density at radius 3 is 1.91 bits per heavy atom. The van der Waals surface area contributed by atoms with Crippen molar-refractivity contribution >= 4 is 38.8 Å². The molecule has 0 spiro atoms. The van der Waals surface area contributed by atoms with Crippen LogP contribution in [0.2, 0.25) is 0 Å². The maximum atomic E-state index is 6.71. The van der Waals surface area contributed by atoms with Crippen LogP contribution in [0.1, 0.15) is 0 Å². The van der Waals surface area contributed by atoms with Crippen LogP contribution in [0.4, 0.5) is 17.1 Å². The molecule has 0 bridgehead atoms. The zero-order valence-corrected chi connectivity index (χ0v) is 24.1. The highest BCUT2D eigenvalue weighted by Gasteiger charge is 2.23. The third-order valence-electron chi connectivity index (χ3n) is 8.25. The second kappa shape index (κ2) is 11.1. The number of anilines is 3. The standard InChI is InChI=1S/C42H29NO/c1-3-15-31(16-4-1)41-38-23-10-12-25-40(38)44-42(41)37-22-9-11-24-39(37)43(35-19-5-2-6-20-35)36-21-13-18-33(29-36)34-27-26-30-14-7-8-17-32(30)28-34/h1-29H. The van der Waals surface area contributed by atoms with Crippen molar-refractivity contribution in [2.45, 2.75) is 0 Å². The smallest absolute Gasteiger partial charge is 0.145 e. The molecule has 2 nitrogen and oxygen atoms in total. The lowest BCUT2D eigenvalue weighted by Crippen LogP contribution is -2.11. The van der Waals surface area contributed by atoms with E-state index in [1.165, 1.54) is 21.9 Å². The van der Waals surface area contributed by atoms with Gasteiger partial charge in [-0.25, -0.2) is 0 Å². The second-order valence-corrected chi connectivity index (χ2v) is 11.0. The Hall–Kier alpha value is -5.86. The molecule has 1 aromatic heterocycles. The molecule has 0 aliphatic heterocycles. The van der Waals surface area contributed by atoms with Crippen molar-refractivity contribution in [3.63, 3.8) is 0 Å². The summed E-state index contributed by atoms with van der Waals surface area (Å²) in [7, 11) is 0. The van der Waals surface area contributed by atoms with Gasteiger partial charge in [-0.1, -0.05) is 127 Å². The molecule has 0 N–H and O–H groups in total. The van der Waals surface area contributed by atoms with Gasteiger partial charge in [0, 0.05) is 27.9 Å². The van der Waals surface area contributed by atoms with Crippen LogP contribution in [0.5, 0.6) is 0 Å². The topological polar surface area (TPSA) is 16.4 Å². The van der Waals surface area contributed by atoms with Gasteiger partial charge >= 0.3 is 0 Å². The number of para-hydroxylation sites is 3. The molecule has 8 aromatic rings. The fourth-order valence-electron chi connectivity index (χ4n) is 6.18. The second-order valence-electron chi connectivity index (χ2n) is 11.0. The van der Waals surface area contributed by atoms with Gasteiger partial charge in [-0.2, -0.15) is 0 Å². The van der Waals surface area contributed by atoms with Gasteiger partial charge in [-0.3, -0.25) is 0 Å². The normalized spacial score (nSPS) is 11.2. The van der Waals surface area contributed by atoms with E-state index in [2.05, 4.69) is 175 Å². The number of hydrogen-bond donors (Lipinski definition) is 0. The fraction of sp³-hybridized carbons (Fsp3) is 0. The maximum absolute atomic E-state index is 6.71. The van der Waals surface area contributed by atoms with Gasteiger partial charge in [0.15, 0.2) is 0 Å². The Morgan fingerprint density at radius 1 is 0.409 bits per heavy atom. The van der Waals surface area contributed by atoms with Crippen molar-refractivity contribution in [2.75, 3.05) is 4.90 Å². The van der Waals surface area contributed by atoms with Crippen molar-refractivity contribution in [2.24, 2.45) is 0 Å². The van der Waals surface area contributed by atoms with E-state index >= 15 is 0 Å². The molecule has 208 valence electrons. The van der Waals surface area contributed by atoms with E-state index in [9.17, 15) is 0 Å². The zero-order valence-electron chi connectivity index (χ0n) is 24.1. The number of rotatable bonds is 6. The van der Waals surface area contributed by atoms with Crippen LogP contribution in [0.15, 0.2) is 180 Å².